The molecule has 3 nitrogen and oxygen atoms in total. The quantitative estimate of drug-likeness (QED) is 0.603. The van der Waals surface area contributed by atoms with Crippen molar-refractivity contribution in [3.63, 3.8) is 0 Å². The fourth-order valence-electron chi connectivity index (χ4n) is 2.10. The standard InChI is InChI=1S/C15H9BrCl2N2O/c16-8-5-11(17)14(12(18)6-8)20-15(21)10-7-19-13-4-2-1-3-9(10)13/h1-7,19H,(H,20,21). The van der Waals surface area contributed by atoms with Gasteiger partial charge in [0.2, 0.25) is 0 Å². The number of hydrogen-bond acceptors (Lipinski definition) is 1. The molecule has 3 rings (SSSR count). The van der Waals surface area contributed by atoms with Gasteiger partial charge in [-0.05, 0) is 18.2 Å². The van der Waals surface area contributed by atoms with Crippen molar-refractivity contribution >= 4 is 61.6 Å². The summed E-state index contributed by atoms with van der Waals surface area (Å²) in [5, 5.41) is 4.36. The van der Waals surface area contributed by atoms with Crippen molar-refractivity contribution in [2.24, 2.45) is 0 Å². The van der Waals surface area contributed by atoms with E-state index in [9.17, 15) is 4.79 Å². The maximum Gasteiger partial charge on any atom is 0.257 e. The molecule has 2 aromatic carbocycles. The van der Waals surface area contributed by atoms with Gasteiger partial charge < -0.3 is 10.3 Å². The zero-order chi connectivity index (χ0) is 15.0. The van der Waals surface area contributed by atoms with Crippen molar-refractivity contribution in [3.8, 4) is 0 Å². The van der Waals surface area contributed by atoms with Crippen LogP contribution in [0.3, 0.4) is 0 Å². The van der Waals surface area contributed by atoms with Crippen LogP contribution in [-0.4, -0.2) is 10.9 Å². The Morgan fingerprint density at radius 1 is 1.14 bits per heavy atom. The van der Waals surface area contributed by atoms with Crippen LogP contribution in [0.15, 0.2) is 47.1 Å². The van der Waals surface area contributed by atoms with Crippen LogP contribution in [0.1, 0.15) is 10.4 Å². The second-order valence-electron chi connectivity index (χ2n) is 4.45. The van der Waals surface area contributed by atoms with Crippen molar-refractivity contribution in [2.45, 2.75) is 0 Å². The van der Waals surface area contributed by atoms with Gasteiger partial charge in [-0.3, -0.25) is 4.79 Å². The first-order valence-electron chi connectivity index (χ1n) is 6.08. The summed E-state index contributed by atoms with van der Waals surface area (Å²) in [6.07, 6.45) is 1.67. The summed E-state index contributed by atoms with van der Waals surface area (Å²) >= 11 is 15.5. The number of halogens is 3. The van der Waals surface area contributed by atoms with E-state index in [0.717, 1.165) is 15.4 Å². The van der Waals surface area contributed by atoms with Crippen LogP contribution in [0.4, 0.5) is 5.69 Å². The monoisotopic (exact) mass is 382 g/mol. The van der Waals surface area contributed by atoms with Crippen molar-refractivity contribution in [1.29, 1.82) is 0 Å². The molecule has 0 radical (unpaired) electrons. The van der Waals surface area contributed by atoms with Crippen LogP contribution in [0.25, 0.3) is 10.9 Å². The van der Waals surface area contributed by atoms with Crippen LogP contribution in [0, 0.1) is 0 Å². The number of carbonyl (C=O) groups is 1. The van der Waals surface area contributed by atoms with Gasteiger partial charge in [-0.1, -0.05) is 57.3 Å². The summed E-state index contributed by atoms with van der Waals surface area (Å²) in [5.41, 5.74) is 1.84. The molecule has 0 spiro atoms. The van der Waals surface area contributed by atoms with Crippen LogP contribution >= 0.6 is 39.1 Å². The third-order valence-corrected chi connectivity index (χ3v) is 4.13. The highest BCUT2D eigenvalue weighted by Crippen LogP contribution is 2.34. The summed E-state index contributed by atoms with van der Waals surface area (Å²) < 4.78 is 0.752. The first-order chi connectivity index (χ1) is 10.1. The Morgan fingerprint density at radius 2 is 1.81 bits per heavy atom. The molecular formula is C15H9BrCl2N2O. The highest BCUT2D eigenvalue weighted by atomic mass is 79.9. The summed E-state index contributed by atoms with van der Waals surface area (Å²) in [6, 6.07) is 10.9. The van der Waals surface area contributed by atoms with Crippen LogP contribution in [0.2, 0.25) is 10.0 Å². The van der Waals surface area contributed by atoms with Gasteiger partial charge in [0, 0.05) is 21.6 Å². The Hall–Kier alpha value is -1.49. The fraction of sp³-hybridized carbons (Fsp3) is 0. The smallest absolute Gasteiger partial charge is 0.257 e. The molecular weight excluding hydrogens is 375 g/mol. The number of aromatic nitrogens is 1. The molecule has 0 unspecified atom stereocenters. The normalized spacial score (nSPS) is 10.8. The highest BCUT2D eigenvalue weighted by molar-refractivity contribution is 9.10. The number of nitrogens with one attached hydrogen (secondary N) is 2. The Morgan fingerprint density at radius 3 is 2.52 bits per heavy atom. The lowest BCUT2D eigenvalue weighted by Crippen LogP contribution is -2.12. The van der Waals surface area contributed by atoms with Crippen LogP contribution in [0.5, 0.6) is 0 Å². The molecule has 0 atom stereocenters. The first kappa shape index (κ1) is 14.4. The lowest BCUT2D eigenvalue weighted by atomic mass is 10.1. The van der Waals surface area contributed by atoms with E-state index in [0.29, 0.717) is 21.3 Å². The van der Waals surface area contributed by atoms with E-state index in [4.69, 9.17) is 23.2 Å². The van der Waals surface area contributed by atoms with E-state index in [1.807, 2.05) is 24.3 Å². The van der Waals surface area contributed by atoms with E-state index < -0.39 is 0 Å². The average Bonchev–Trinajstić information content (AvgIpc) is 2.86. The number of para-hydroxylation sites is 1. The Bertz CT molecular complexity index is 822. The molecule has 3 aromatic rings. The second kappa shape index (κ2) is 5.72. The van der Waals surface area contributed by atoms with E-state index in [1.165, 1.54) is 0 Å². The Balaban J connectivity index is 1.97. The second-order valence-corrected chi connectivity index (χ2v) is 6.18. The molecule has 0 aliphatic rings. The largest absolute Gasteiger partial charge is 0.360 e. The highest BCUT2D eigenvalue weighted by Gasteiger charge is 2.15. The van der Waals surface area contributed by atoms with Crippen LogP contribution < -0.4 is 5.32 Å². The maximum absolute atomic E-state index is 12.4. The number of benzene rings is 2. The molecule has 0 aliphatic heterocycles. The number of aromatic amines is 1. The minimum Gasteiger partial charge on any atom is -0.360 e. The molecule has 0 saturated heterocycles. The maximum atomic E-state index is 12.4. The Kier molecular flexibility index (Phi) is 3.93. The van der Waals surface area contributed by atoms with E-state index in [1.54, 1.807) is 18.3 Å². The minimum atomic E-state index is -0.265. The number of amides is 1. The predicted octanol–water partition coefficient (Wildman–Crippen LogP) is 5.49. The van der Waals surface area contributed by atoms with Gasteiger partial charge in [-0.15, -0.1) is 0 Å². The SMILES string of the molecule is O=C(Nc1c(Cl)cc(Br)cc1Cl)c1c[nH]c2ccccc12. The van der Waals surface area contributed by atoms with Gasteiger partial charge in [0.1, 0.15) is 0 Å². The average molecular weight is 384 g/mol. The van der Waals surface area contributed by atoms with Gasteiger partial charge in [0.15, 0.2) is 0 Å². The van der Waals surface area contributed by atoms with Gasteiger partial charge in [-0.2, -0.15) is 0 Å². The zero-order valence-corrected chi connectivity index (χ0v) is 13.7. The summed E-state index contributed by atoms with van der Waals surface area (Å²) in [7, 11) is 0. The molecule has 6 heteroatoms. The minimum absolute atomic E-state index is 0.265. The topological polar surface area (TPSA) is 44.9 Å². The lowest BCUT2D eigenvalue weighted by molar-refractivity contribution is 0.102. The van der Waals surface area contributed by atoms with Gasteiger partial charge >= 0.3 is 0 Å². The number of rotatable bonds is 2. The van der Waals surface area contributed by atoms with Gasteiger partial charge in [0.05, 0.1) is 21.3 Å². The lowest BCUT2D eigenvalue weighted by Gasteiger charge is -2.09. The van der Waals surface area contributed by atoms with Gasteiger partial charge in [-0.25, -0.2) is 0 Å². The first-order valence-corrected chi connectivity index (χ1v) is 7.63. The Labute approximate surface area is 139 Å². The van der Waals surface area contributed by atoms with Crippen molar-refractivity contribution in [3.05, 3.63) is 62.7 Å². The van der Waals surface area contributed by atoms with Gasteiger partial charge in [0.25, 0.3) is 5.91 Å². The van der Waals surface area contributed by atoms with E-state index >= 15 is 0 Å². The third kappa shape index (κ3) is 2.79. The van der Waals surface area contributed by atoms with Crippen molar-refractivity contribution < 1.29 is 4.79 Å². The molecule has 0 bridgehead atoms. The van der Waals surface area contributed by atoms with Crippen molar-refractivity contribution in [1.82, 2.24) is 4.98 Å². The van der Waals surface area contributed by atoms with Crippen LogP contribution in [-0.2, 0) is 0 Å². The molecule has 1 heterocycles. The molecule has 0 fully saturated rings. The predicted molar refractivity (Wildman–Crippen MR) is 90.4 cm³/mol. The molecule has 106 valence electrons. The third-order valence-electron chi connectivity index (χ3n) is 3.08. The molecule has 21 heavy (non-hydrogen) atoms. The molecule has 1 aromatic heterocycles. The molecule has 0 saturated carbocycles. The number of anilines is 1. The van der Waals surface area contributed by atoms with E-state index in [-0.39, 0.29) is 5.91 Å². The number of carbonyl (C=O) groups excluding carboxylic acids is 1. The van der Waals surface area contributed by atoms with Crippen molar-refractivity contribution in [2.75, 3.05) is 5.32 Å². The molecule has 0 aliphatic carbocycles. The summed E-state index contributed by atoms with van der Waals surface area (Å²) in [5.74, 6) is -0.265. The number of hydrogen-bond donors (Lipinski definition) is 2. The summed E-state index contributed by atoms with van der Waals surface area (Å²) in [4.78, 5) is 15.5. The number of H-pyrrole nitrogens is 1. The zero-order valence-electron chi connectivity index (χ0n) is 10.6. The molecule has 2 N–H and O–H groups in total. The fourth-order valence-corrected chi connectivity index (χ4v) is 3.40. The summed E-state index contributed by atoms with van der Waals surface area (Å²) in [6.45, 7) is 0. The molecule has 1 amide bonds. The number of fused-ring (bicyclic) bond motifs is 1. The van der Waals surface area contributed by atoms with E-state index in [2.05, 4.69) is 26.2 Å².